The number of para-hydroxylation sites is 1. The normalized spacial score (nSPS) is 10.7. The van der Waals surface area contributed by atoms with Gasteiger partial charge in [-0.3, -0.25) is 4.79 Å². The standard InChI is InChI=1S/C15H12N2O2S2/c18-11-5-3-4-10(8-11)16-14(19)9-20-15-17-12-6-1-2-7-13(12)21-15/h1-8,18H,9H2,(H,16,19). The van der Waals surface area contributed by atoms with Gasteiger partial charge in [0.15, 0.2) is 4.34 Å². The third kappa shape index (κ3) is 3.53. The number of benzene rings is 2. The number of anilines is 1. The molecule has 0 atom stereocenters. The van der Waals surface area contributed by atoms with Gasteiger partial charge in [0.2, 0.25) is 5.91 Å². The Morgan fingerprint density at radius 1 is 1.24 bits per heavy atom. The van der Waals surface area contributed by atoms with Crippen molar-refractivity contribution in [1.29, 1.82) is 0 Å². The Kier molecular flexibility index (Phi) is 4.08. The summed E-state index contributed by atoms with van der Waals surface area (Å²) in [6.07, 6.45) is 0. The highest BCUT2D eigenvalue weighted by Gasteiger charge is 2.08. The molecule has 0 unspecified atom stereocenters. The van der Waals surface area contributed by atoms with Gasteiger partial charge in [-0.25, -0.2) is 4.98 Å². The average molecular weight is 316 g/mol. The highest BCUT2D eigenvalue weighted by atomic mass is 32.2. The molecule has 106 valence electrons. The van der Waals surface area contributed by atoms with Crippen LogP contribution in [-0.4, -0.2) is 21.8 Å². The van der Waals surface area contributed by atoms with Crippen LogP contribution in [0.3, 0.4) is 0 Å². The maximum atomic E-state index is 11.9. The molecule has 1 aromatic heterocycles. The Bertz CT molecular complexity index is 753. The van der Waals surface area contributed by atoms with Crippen LogP contribution >= 0.6 is 23.1 Å². The van der Waals surface area contributed by atoms with E-state index in [-0.39, 0.29) is 17.4 Å². The monoisotopic (exact) mass is 316 g/mol. The Hall–Kier alpha value is -2.05. The molecular weight excluding hydrogens is 304 g/mol. The molecule has 6 heteroatoms. The maximum Gasteiger partial charge on any atom is 0.234 e. The number of thiazole rings is 1. The van der Waals surface area contributed by atoms with Crippen LogP contribution in [0.4, 0.5) is 5.69 Å². The lowest BCUT2D eigenvalue weighted by atomic mass is 10.3. The molecule has 2 N–H and O–H groups in total. The smallest absolute Gasteiger partial charge is 0.234 e. The fourth-order valence-corrected chi connectivity index (χ4v) is 3.69. The van der Waals surface area contributed by atoms with Gasteiger partial charge in [-0.1, -0.05) is 30.0 Å². The lowest BCUT2D eigenvalue weighted by molar-refractivity contribution is -0.113. The first-order chi connectivity index (χ1) is 10.2. The first-order valence-electron chi connectivity index (χ1n) is 6.28. The van der Waals surface area contributed by atoms with E-state index >= 15 is 0 Å². The van der Waals surface area contributed by atoms with E-state index in [2.05, 4.69) is 10.3 Å². The number of nitrogens with zero attached hydrogens (tertiary/aromatic N) is 1. The number of carbonyl (C=O) groups excluding carboxylic acids is 1. The van der Waals surface area contributed by atoms with Crippen molar-refractivity contribution in [2.24, 2.45) is 0 Å². The molecule has 0 bridgehead atoms. The van der Waals surface area contributed by atoms with Gasteiger partial charge in [-0.2, -0.15) is 0 Å². The van der Waals surface area contributed by atoms with Crippen LogP contribution in [0.1, 0.15) is 0 Å². The fraction of sp³-hybridized carbons (Fsp3) is 0.0667. The van der Waals surface area contributed by atoms with Crippen LogP contribution in [0.2, 0.25) is 0 Å². The largest absolute Gasteiger partial charge is 0.508 e. The molecule has 4 nitrogen and oxygen atoms in total. The molecule has 3 rings (SSSR count). The van der Waals surface area contributed by atoms with Gasteiger partial charge >= 0.3 is 0 Å². The quantitative estimate of drug-likeness (QED) is 0.720. The summed E-state index contributed by atoms with van der Waals surface area (Å²) in [4.78, 5) is 16.3. The van der Waals surface area contributed by atoms with Gasteiger partial charge in [0.05, 0.1) is 16.0 Å². The third-order valence-corrected chi connectivity index (χ3v) is 4.91. The van der Waals surface area contributed by atoms with Gasteiger partial charge in [0.25, 0.3) is 0 Å². The van der Waals surface area contributed by atoms with Gasteiger partial charge in [-0.05, 0) is 24.3 Å². The van der Waals surface area contributed by atoms with Crippen LogP contribution in [0.5, 0.6) is 5.75 Å². The molecule has 0 aliphatic rings. The summed E-state index contributed by atoms with van der Waals surface area (Å²) in [5.74, 6) is 0.298. The number of aromatic nitrogens is 1. The van der Waals surface area contributed by atoms with Gasteiger partial charge in [0, 0.05) is 11.8 Å². The number of aromatic hydroxyl groups is 1. The molecule has 0 fully saturated rings. The number of rotatable bonds is 4. The Balaban J connectivity index is 1.60. The first kappa shape index (κ1) is 13.9. The number of hydrogen-bond donors (Lipinski definition) is 2. The second-order valence-electron chi connectivity index (χ2n) is 4.33. The van der Waals surface area contributed by atoms with Crippen molar-refractivity contribution >= 4 is 44.9 Å². The topological polar surface area (TPSA) is 62.2 Å². The first-order valence-corrected chi connectivity index (χ1v) is 8.08. The molecule has 1 heterocycles. The van der Waals surface area contributed by atoms with Gasteiger partial charge in [0.1, 0.15) is 5.75 Å². The number of phenols is 1. The van der Waals surface area contributed by atoms with Crippen molar-refractivity contribution in [3.8, 4) is 5.75 Å². The number of amides is 1. The molecule has 1 amide bonds. The van der Waals surface area contributed by atoms with E-state index < -0.39 is 0 Å². The molecule has 21 heavy (non-hydrogen) atoms. The Morgan fingerprint density at radius 3 is 2.90 bits per heavy atom. The second kappa shape index (κ2) is 6.15. The van der Waals surface area contributed by atoms with Crippen LogP contribution in [0.25, 0.3) is 10.2 Å². The summed E-state index contributed by atoms with van der Waals surface area (Å²) in [5, 5.41) is 12.1. The van der Waals surface area contributed by atoms with E-state index in [1.54, 1.807) is 29.5 Å². The highest BCUT2D eigenvalue weighted by Crippen LogP contribution is 2.29. The number of nitrogens with one attached hydrogen (secondary N) is 1. The van der Waals surface area contributed by atoms with Crippen molar-refractivity contribution in [3.63, 3.8) is 0 Å². The number of thioether (sulfide) groups is 1. The molecule has 3 aromatic rings. The van der Waals surface area contributed by atoms with Crippen molar-refractivity contribution in [2.45, 2.75) is 4.34 Å². The number of fused-ring (bicyclic) bond motifs is 1. The minimum Gasteiger partial charge on any atom is -0.508 e. The zero-order chi connectivity index (χ0) is 14.7. The Labute approximate surface area is 129 Å². The summed E-state index contributed by atoms with van der Waals surface area (Å²) in [6.45, 7) is 0. The minimum atomic E-state index is -0.121. The molecule has 0 aliphatic carbocycles. The van der Waals surface area contributed by atoms with Crippen LogP contribution in [0, 0.1) is 0 Å². The number of hydrogen-bond acceptors (Lipinski definition) is 5. The van der Waals surface area contributed by atoms with Crippen molar-refractivity contribution < 1.29 is 9.90 Å². The minimum absolute atomic E-state index is 0.121. The molecule has 0 aliphatic heterocycles. The lowest BCUT2D eigenvalue weighted by Gasteiger charge is -2.04. The van der Waals surface area contributed by atoms with E-state index in [9.17, 15) is 9.90 Å². The predicted octanol–water partition coefficient (Wildman–Crippen LogP) is 3.73. The van der Waals surface area contributed by atoms with Crippen molar-refractivity contribution in [1.82, 2.24) is 4.98 Å². The van der Waals surface area contributed by atoms with E-state index in [4.69, 9.17) is 0 Å². The van der Waals surface area contributed by atoms with E-state index in [0.29, 0.717) is 5.69 Å². The lowest BCUT2D eigenvalue weighted by Crippen LogP contribution is -2.13. The highest BCUT2D eigenvalue weighted by molar-refractivity contribution is 8.01. The van der Waals surface area contributed by atoms with Gasteiger partial charge in [-0.15, -0.1) is 11.3 Å². The fourth-order valence-electron chi connectivity index (χ4n) is 1.82. The van der Waals surface area contributed by atoms with Crippen LogP contribution in [-0.2, 0) is 4.79 Å². The molecule has 0 spiro atoms. The Morgan fingerprint density at radius 2 is 2.10 bits per heavy atom. The molecule has 2 aromatic carbocycles. The van der Waals surface area contributed by atoms with Gasteiger partial charge < -0.3 is 10.4 Å². The summed E-state index contributed by atoms with van der Waals surface area (Å²) in [6, 6.07) is 14.4. The predicted molar refractivity (Wildman–Crippen MR) is 87.1 cm³/mol. The zero-order valence-corrected chi connectivity index (χ0v) is 12.6. The summed E-state index contributed by atoms with van der Waals surface area (Å²) in [5.41, 5.74) is 1.54. The van der Waals surface area contributed by atoms with E-state index in [0.717, 1.165) is 14.6 Å². The summed E-state index contributed by atoms with van der Waals surface area (Å²) >= 11 is 2.99. The maximum absolute atomic E-state index is 11.9. The van der Waals surface area contributed by atoms with Crippen molar-refractivity contribution in [3.05, 3.63) is 48.5 Å². The zero-order valence-electron chi connectivity index (χ0n) is 10.9. The molecule has 0 saturated carbocycles. The SMILES string of the molecule is O=C(CSc1nc2ccccc2s1)Nc1cccc(O)c1. The third-order valence-electron chi connectivity index (χ3n) is 2.73. The molecule has 0 saturated heterocycles. The van der Waals surface area contributed by atoms with Crippen LogP contribution < -0.4 is 5.32 Å². The molecule has 0 radical (unpaired) electrons. The second-order valence-corrected chi connectivity index (χ2v) is 6.59. The van der Waals surface area contributed by atoms with E-state index in [1.807, 2.05) is 24.3 Å². The number of carbonyl (C=O) groups is 1. The van der Waals surface area contributed by atoms with Crippen LogP contribution in [0.15, 0.2) is 52.9 Å². The average Bonchev–Trinajstić information content (AvgIpc) is 2.88. The summed E-state index contributed by atoms with van der Waals surface area (Å²) < 4.78 is 2.00. The van der Waals surface area contributed by atoms with Crippen molar-refractivity contribution in [2.75, 3.05) is 11.1 Å². The number of phenolic OH excluding ortho intramolecular Hbond substituents is 1. The van der Waals surface area contributed by atoms with E-state index in [1.165, 1.54) is 17.8 Å². The summed E-state index contributed by atoms with van der Waals surface area (Å²) in [7, 11) is 0. The molecular formula is C15H12N2O2S2.